The third-order valence-electron chi connectivity index (χ3n) is 2.30. The molecule has 0 saturated heterocycles. The Balaban J connectivity index is 0.000000219. The molecule has 0 atom stereocenters. The van der Waals surface area contributed by atoms with Gasteiger partial charge in [0, 0.05) is 0 Å². The lowest BCUT2D eigenvalue weighted by Crippen LogP contribution is -1.98. The van der Waals surface area contributed by atoms with Crippen LogP contribution in [-0.2, 0) is 6.54 Å². The molecule has 0 spiro atoms. The maximum Gasteiger partial charge on any atom is 0.155 e. The first kappa shape index (κ1) is 18.6. The van der Waals surface area contributed by atoms with Crippen LogP contribution < -0.4 is 5.54 Å². The molecule has 8 heteroatoms. The van der Waals surface area contributed by atoms with Gasteiger partial charge in [-0.2, -0.15) is 5.54 Å². The number of benzene rings is 2. The molecule has 0 amide bonds. The van der Waals surface area contributed by atoms with Crippen LogP contribution in [0.5, 0.6) is 5.75 Å². The van der Waals surface area contributed by atoms with Crippen LogP contribution >= 0.6 is 58.0 Å². The molecule has 0 bridgehead atoms. The molecule has 0 saturated carbocycles. The number of halogens is 6. The van der Waals surface area contributed by atoms with Crippen molar-refractivity contribution in [3.63, 3.8) is 0 Å². The zero-order valence-electron chi connectivity index (χ0n) is 10.3. The Hall–Kier alpha value is -0.420. The lowest BCUT2D eigenvalue weighted by atomic mass is 10.2. The van der Waals surface area contributed by atoms with Crippen molar-refractivity contribution in [3.8, 4) is 5.75 Å². The van der Waals surface area contributed by atoms with Crippen LogP contribution in [0.2, 0.25) is 25.1 Å². The molecule has 0 fully saturated rings. The Morgan fingerprint density at radius 2 is 1.24 bits per heavy atom. The van der Waals surface area contributed by atoms with E-state index in [0.717, 1.165) is 5.56 Å². The first-order valence-corrected chi connectivity index (χ1v) is 7.37. The molecule has 0 heterocycles. The number of aromatic hydroxyl groups is 1. The van der Waals surface area contributed by atoms with Gasteiger partial charge >= 0.3 is 0 Å². The minimum absolute atomic E-state index is 0.00904. The summed E-state index contributed by atoms with van der Waals surface area (Å²) in [6, 6.07) is 9.40. The van der Waals surface area contributed by atoms with E-state index in [4.69, 9.17) is 58.0 Å². The van der Waals surface area contributed by atoms with Crippen molar-refractivity contribution in [1.29, 1.82) is 0 Å². The highest BCUT2D eigenvalue weighted by atomic mass is 35.5. The van der Waals surface area contributed by atoms with Gasteiger partial charge in [0.1, 0.15) is 10.0 Å². The number of phenols is 1. The van der Waals surface area contributed by atoms with E-state index in [0.29, 0.717) is 6.54 Å². The van der Waals surface area contributed by atoms with Gasteiger partial charge in [-0.3, -0.25) is 0 Å². The molecule has 2 rings (SSSR count). The first-order chi connectivity index (χ1) is 9.90. The fourth-order valence-electron chi connectivity index (χ4n) is 1.27. The van der Waals surface area contributed by atoms with Gasteiger partial charge in [0.25, 0.3) is 0 Å². The average molecular weight is 391 g/mol. The van der Waals surface area contributed by atoms with E-state index in [1.165, 1.54) is 0 Å². The molecule has 0 aliphatic carbocycles. The molecule has 0 radical (unpaired) electrons. The summed E-state index contributed by atoms with van der Waals surface area (Å²) < 4.78 is 11.4. The van der Waals surface area contributed by atoms with Crippen LogP contribution in [0.3, 0.4) is 0 Å². The maximum atomic E-state index is 11.4. The molecular weight excluding hydrogens is 382 g/mol. The highest BCUT2D eigenvalue weighted by Crippen LogP contribution is 2.47. The largest absolute Gasteiger partial charge is 0.505 e. The monoisotopic (exact) mass is 389 g/mol. The molecule has 2 aromatic rings. The third-order valence-corrected chi connectivity index (χ3v) is 4.56. The molecule has 0 unspecified atom stereocenters. The summed E-state index contributed by atoms with van der Waals surface area (Å²) in [7, 11) is 0. The summed E-state index contributed by atoms with van der Waals surface area (Å²) >= 11 is 27.9. The minimum atomic E-state index is -0.363. The van der Waals surface area contributed by atoms with Gasteiger partial charge in [-0.15, -0.1) is 4.48 Å². The lowest BCUT2D eigenvalue weighted by molar-refractivity contribution is 0.330. The van der Waals surface area contributed by atoms with Crippen molar-refractivity contribution in [3.05, 3.63) is 61.0 Å². The van der Waals surface area contributed by atoms with Crippen LogP contribution in [-0.4, -0.2) is 5.11 Å². The summed E-state index contributed by atoms with van der Waals surface area (Å²) in [5, 5.41) is 9.01. The summed E-state index contributed by atoms with van der Waals surface area (Å²) in [6.07, 6.45) is 0. The van der Waals surface area contributed by atoms with Crippen molar-refractivity contribution < 1.29 is 9.59 Å². The van der Waals surface area contributed by atoms with Crippen molar-refractivity contribution >= 4 is 58.0 Å². The standard InChI is InChI=1S/C7H8FN.C6HCl5O/c8-9-6-7-4-2-1-3-5-7;7-1-2(8)4(10)6(12)5(11)3(1)9/h1-5,9H,6H2;12H. The van der Waals surface area contributed by atoms with Crippen LogP contribution in [0, 0.1) is 0 Å². The molecule has 2 aromatic carbocycles. The first-order valence-electron chi connectivity index (χ1n) is 5.48. The Bertz CT molecular complexity index is 504. The smallest absolute Gasteiger partial charge is 0.155 e. The highest BCUT2D eigenvalue weighted by Gasteiger charge is 2.18. The summed E-state index contributed by atoms with van der Waals surface area (Å²) in [6.45, 7) is 0.292. The normalized spacial score (nSPS) is 10.0. The van der Waals surface area contributed by atoms with Gasteiger partial charge in [-0.25, -0.2) is 0 Å². The van der Waals surface area contributed by atoms with Crippen LogP contribution in [0.4, 0.5) is 4.48 Å². The van der Waals surface area contributed by atoms with E-state index in [9.17, 15) is 9.59 Å². The number of hydrogen-bond acceptors (Lipinski definition) is 2. The van der Waals surface area contributed by atoms with Crippen molar-refractivity contribution in [2.75, 3.05) is 0 Å². The van der Waals surface area contributed by atoms with E-state index in [-0.39, 0.29) is 30.9 Å². The molecule has 114 valence electrons. The molecular formula is C13H9Cl5FNO. The van der Waals surface area contributed by atoms with Gasteiger partial charge < -0.3 is 5.11 Å². The fraction of sp³-hybridized carbons (Fsp3) is 0.0769. The van der Waals surface area contributed by atoms with E-state index in [1.54, 1.807) is 5.54 Å². The number of hydrogen-bond donors (Lipinski definition) is 2. The van der Waals surface area contributed by atoms with Crippen molar-refractivity contribution in [2.24, 2.45) is 0 Å². The maximum absolute atomic E-state index is 11.4. The SMILES string of the molecule is FNCc1ccccc1.Oc1c(Cl)c(Cl)c(Cl)c(Cl)c1Cl. The van der Waals surface area contributed by atoms with Crippen LogP contribution in [0.25, 0.3) is 0 Å². The van der Waals surface area contributed by atoms with Crippen LogP contribution in [0.15, 0.2) is 30.3 Å². The average Bonchev–Trinajstić information content (AvgIpc) is 2.51. The van der Waals surface area contributed by atoms with Gasteiger partial charge in [-0.05, 0) is 5.56 Å². The van der Waals surface area contributed by atoms with Gasteiger partial charge in [0.15, 0.2) is 5.75 Å². The highest BCUT2D eigenvalue weighted by molar-refractivity contribution is 6.55. The summed E-state index contributed by atoms with van der Waals surface area (Å²) in [5.41, 5.74) is 2.54. The molecule has 0 aliphatic rings. The zero-order valence-corrected chi connectivity index (χ0v) is 14.1. The van der Waals surface area contributed by atoms with Crippen LogP contribution in [0.1, 0.15) is 5.56 Å². The second-order valence-corrected chi connectivity index (χ2v) is 5.60. The van der Waals surface area contributed by atoms with Gasteiger partial charge in [0.2, 0.25) is 0 Å². The molecule has 2 nitrogen and oxygen atoms in total. The Kier molecular flexibility index (Phi) is 7.88. The van der Waals surface area contributed by atoms with E-state index in [1.807, 2.05) is 30.3 Å². The second-order valence-electron chi connectivity index (χ2n) is 3.71. The number of phenolic OH excluding ortho intramolecular Hbond substituents is 1. The lowest BCUT2D eigenvalue weighted by Gasteiger charge is -2.06. The van der Waals surface area contributed by atoms with E-state index in [2.05, 4.69) is 0 Å². The Morgan fingerprint density at radius 3 is 1.67 bits per heavy atom. The van der Waals surface area contributed by atoms with Gasteiger partial charge in [0.05, 0.1) is 21.6 Å². The number of rotatable bonds is 2. The third kappa shape index (κ3) is 5.06. The molecule has 2 N–H and O–H groups in total. The number of nitrogens with one attached hydrogen (secondary N) is 1. The molecule has 21 heavy (non-hydrogen) atoms. The summed E-state index contributed by atoms with van der Waals surface area (Å²) in [4.78, 5) is 0. The van der Waals surface area contributed by atoms with E-state index >= 15 is 0 Å². The minimum Gasteiger partial charge on any atom is -0.505 e. The fourth-order valence-corrected chi connectivity index (χ4v) is 2.39. The Morgan fingerprint density at radius 1 is 0.810 bits per heavy atom. The van der Waals surface area contributed by atoms with Gasteiger partial charge in [-0.1, -0.05) is 88.3 Å². The Labute approximate surface area is 146 Å². The topological polar surface area (TPSA) is 32.3 Å². The second kappa shape index (κ2) is 8.89. The molecule has 0 aromatic heterocycles. The predicted molar refractivity (Wildman–Crippen MR) is 87.5 cm³/mol. The molecule has 0 aliphatic heterocycles. The van der Waals surface area contributed by atoms with E-state index < -0.39 is 0 Å². The van der Waals surface area contributed by atoms with Crippen molar-refractivity contribution in [2.45, 2.75) is 6.54 Å². The zero-order chi connectivity index (χ0) is 16.0. The quantitative estimate of drug-likeness (QED) is 0.357. The van der Waals surface area contributed by atoms with Crippen molar-refractivity contribution in [1.82, 2.24) is 5.54 Å². The predicted octanol–water partition coefficient (Wildman–Crippen LogP) is 6.32. The summed E-state index contributed by atoms with van der Waals surface area (Å²) in [5.74, 6) is -0.363.